The number of pyridine rings is 2. The van der Waals surface area contributed by atoms with E-state index in [4.69, 9.17) is 4.74 Å². The van der Waals surface area contributed by atoms with Crippen LogP contribution in [0.25, 0.3) is 16.7 Å². The Morgan fingerprint density at radius 3 is 2.56 bits per heavy atom. The van der Waals surface area contributed by atoms with Crippen molar-refractivity contribution in [3.05, 3.63) is 63.7 Å². The predicted molar refractivity (Wildman–Crippen MR) is 138 cm³/mol. The number of hydrogen-bond acceptors (Lipinski definition) is 6. The summed E-state index contributed by atoms with van der Waals surface area (Å²) in [7, 11) is 0. The third-order valence-corrected chi connectivity index (χ3v) is 6.61. The molecule has 2 aromatic heterocycles. The van der Waals surface area contributed by atoms with E-state index < -0.39 is 46.1 Å². The second-order valence-corrected chi connectivity index (χ2v) is 10.7. The van der Waals surface area contributed by atoms with E-state index in [9.17, 15) is 28.3 Å². The van der Waals surface area contributed by atoms with Gasteiger partial charge in [0.05, 0.1) is 11.1 Å². The van der Waals surface area contributed by atoms with E-state index in [1.165, 1.54) is 0 Å². The molecule has 0 aliphatic carbocycles. The van der Waals surface area contributed by atoms with Gasteiger partial charge in [0.25, 0.3) is 0 Å². The molecule has 0 spiro atoms. The van der Waals surface area contributed by atoms with E-state index in [1.54, 1.807) is 25.7 Å². The number of anilines is 1. The van der Waals surface area contributed by atoms with E-state index >= 15 is 4.39 Å². The maximum Gasteiger partial charge on any atom is 0.407 e. The molecule has 39 heavy (non-hydrogen) atoms. The van der Waals surface area contributed by atoms with Crippen LogP contribution in [0.15, 0.2) is 35.3 Å². The number of aromatic nitrogens is 2. The van der Waals surface area contributed by atoms with E-state index in [0.717, 1.165) is 29.0 Å². The van der Waals surface area contributed by atoms with Crippen molar-refractivity contribution in [2.45, 2.75) is 39.7 Å². The molecule has 0 radical (unpaired) electrons. The molecule has 1 aromatic carbocycles. The summed E-state index contributed by atoms with van der Waals surface area (Å²) < 4.78 is 49.8. The summed E-state index contributed by atoms with van der Waals surface area (Å²) in [6.45, 7) is 8.43. The highest BCUT2D eigenvalue weighted by molar-refractivity contribution is 5.92. The second kappa shape index (κ2) is 10.6. The zero-order valence-electron chi connectivity index (χ0n) is 21.9. The summed E-state index contributed by atoms with van der Waals surface area (Å²) in [5.41, 5.74) is -2.74. The number of fused-ring (bicyclic) bond motifs is 1. The molecule has 12 heteroatoms. The SMILES string of the molecule is CC(CNC(=O)OC(C)(C)C)C1CCN(c2nc3c(cc2F)c(=O)c(C(=O)O)cn3-c2ccc(F)cc2F)C1. The van der Waals surface area contributed by atoms with Crippen LogP contribution in [0.5, 0.6) is 0 Å². The normalized spacial score (nSPS) is 16.4. The van der Waals surface area contributed by atoms with Gasteiger partial charge in [-0.15, -0.1) is 0 Å². The van der Waals surface area contributed by atoms with Crippen LogP contribution in [-0.4, -0.2) is 52.0 Å². The minimum atomic E-state index is -1.58. The molecule has 2 N–H and O–H groups in total. The van der Waals surface area contributed by atoms with E-state index in [2.05, 4.69) is 10.3 Å². The first-order valence-corrected chi connectivity index (χ1v) is 12.4. The smallest absolute Gasteiger partial charge is 0.407 e. The van der Waals surface area contributed by atoms with Crippen molar-refractivity contribution in [2.75, 3.05) is 24.5 Å². The van der Waals surface area contributed by atoms with Gasteiger partial charge in [-0.05, 0) is 57.2 Å². The number of hydrogen-bond donors (Lipinski definition) is 2. The molecule has 1 aliphatic rings. The van der Waals surface area contributed by atoms with Gasteiger partial charge in [0, 0.05) is 31.9 Å². The van der Waals surface area contributed by atoms with Gasteiger partial charge in [-0.2, -0.15) is 0 Å². The minimum absolute atomic E-state index is 0.0238. The average Bonchev–Trinajstić information content (AvgIpc) is 3.32. The fourth-order valence-corrected chi connectivity index (χ4v) is 4.62. The van der Waals surface area contributed by atoms with Gasteiger partial charge in [-0.3, -0.25) is 9.36 Å². The summed E-state index contributed by atoms with van der Waals surface area (Å²) in [5.74, 6) is -4.28. The van der Waals surface area contributed by atoms with Gasteiger partial charge in [0.1, 0.15) is 22.8 Å². The molecule has 3 aromatic rings. The number of carbonyl (C=O) groups is 2. The zero-order valence-corrected chi connectivity index (χ0v) is 21.9. The van der Waals surface area contributed by atoms with Crippen molar-refractivity contribution in [2.24, 2.45) is 11.8 Å². The first kappa shape index (κ1) is 27.9. The number of carbonyl (C=O) groups excluding carboxylic acids is 1. The number of amides is 1. The maximum atomic E-state index is 15.3. The van der Waals surface area contributed by atoms with Gasteiger partial charge < -0.3 is 20.1 Å². The first-order valence-electron chi connectivity index (χ1n) is 12.4. The van der Waals surface area contributed by atoms with Crippen LogP contribution in [0, 0.1) is 29.3 Å². The lowest BCUT2D eigenvalue weighted by Gasteiger charge is -2.24. The Morgan fingerprint density at radius 1 is 1.21 bits per heavy atom. The van der Waals surface area contributed by atoms with Crippen molar-refractivity contribution in [1.29, 1.82) is 0 Å². The van der Waals surface area contributed by atoms with Crippen LogP contribution in [0.1, 0.15) is 44.5 Å². The molecule has 1 saturated heterocycles. The summed E-state index contributed by atoms with van der Waals surface area (Å²) in [4.78, 5) is 42.5. The lowest BCUT2D eigenvalue weighted by molar-refractivity contribution is 0.0515. The highest BCUT2D eigenvalue weighted by atomic mass is 19.1. The van der Waals surface area contributed by atoms with Gasteiger partial charge in [-0.25, -0.2) is 27.7 Å². The third-order valence-electron chi connectivity index (χ3n) is 6.61. The molecular formula is C27H29F3N4O5. The first-order chi connectivity index (χ1) is 18.2. The lowest BCUT2D eigenvalue weighted by atomic mass is 9.93. The van der Waals surface area contributed by atoms with Crippen LogP contribution in [-0.2, 0) is 4.74 Å². The number of alkyl carbamates (subject to hydrolysis) is 1. The van der Waals surface area contributed by atoms with Crippen LogP contribution in [0.3, 0.4) is 0 Å². The number of ether oxygens (including phenoxy) is 1. The van der Waals surface area contributed by atoms with Crippen LogP contribution in [0.2, 0.25) is 0 Å². The molecule has 2 atom stereocenters. The summed E-state index contributed by atoms with van der Waals surface area (Å²) in [6, 6.07) is 3.56. The molecule has 0 saturated carbocycles. The number of nitrogens with zero attached hydrogens (tertiary/aromatic N) is 3. The Bertz CT molecular complexity index is 1500. The fourth-order valence-electron chi connectivity index (χ4n) is 4.62. The van der Waals surface area contributed by atoms with Crippen molar-refractivity contribution in [3.63, 3.8) is 0 Å². The Balaban J connectivity index is 1.66. The summed E-state index contributed by atoms with van der Waals surface area (Å²) in [5, 5.41) is 11.9. The standard InChI is InChI=1S/C27H29F3N4O5/c1-14(11-31-26(38)39-27(2,3)4)15-7-8-33(12-15)24-20(30)10-17-22(35)18(25(36)37)13-34(23(17)32-24)21-6-5-16(28)9-19(21)29/h5-6,9-10,13-15H,7-8,11-12H2,1-4H3,(H,31,38)(H,36,37). The lowest BCUT2D eigenvalue weighted by Crippen LogP contribution is -2.36. The maximum absolute atomic E-state index is 15.3. The summed E-state index contributed by atoms with van der Waals surface area (Å²) in [6.07, 6.45) is 1.04. The number of nitrogens with one attached hydrogen (secondary N) is 1. The minimum Gasteiger partial charge on any atom is -0.477 e. The van der Waals surface area contributed by atoms with Crippen LogP contribution < -0.4 is 15.6 Å². The molecule has 3 heterocycles. The Hall–Kier alpha value is -4.09. The van der Waals surface area contributed by atoms with Crippen molar-refractivity contribution in [3.8, 4) is 5.69 Å². The van der Waals surface area contributed by atoms with Crippen molar-refractivity contribution in [1.82, 2.24) is 14.9 Å². The summed E-state index contributed by atoms with van der Waals surface area (Å²) >= 11 is 0. The third kappa shape index (κ3) is 5.99. The molecule has 1 aliphatic heterocycles. The van der Waals surface area contributed by atoms with Gasteiger partial charge in [0.15, 0.2) is 17.3 Å². The second-order valence-electron chi connectivity index (χ2n) is 10.7. The van der Waals surface area contributed by atoms with E-state index in [0.29, 0.717) is 32.1 Å². The predicted octanol–water partition coefficient (Wildman–Crippen LogP) is 4.49. The van der Waals surface area contributed by atoms with Crippen LogP contribution in [0.4, 0.5) is 23.8 Å². The van der Waals surface area contributed by atoms with Crippen molar-refractivity contribution < 1.29 is 32.6 Å². The Morgan fingerprint density at radius 2 is 1.92 bits per heavy atom. The zero-order chi connectivity index (χ0) is 28.6. The van der Waals surface area contributed by atoms with Gasteiger partial charge >= 0.3 is 12.1 Å². The van der Waals surface area contributed by atoms with E-state index in [1.807, 2.05) is 6.92 Å². The molecule has 4 rings (SSSR count). The largest absolute Gasteiger partial charge is 0.477 e. The number of carboxylic acid groups (broad SMARTS) is 1. The molecule has 0 bridgehead atoms. The number of aromatic carboxylic acids is 1. The average molecular weight is 547 g/mol. The number of halogens is 3. The Labute approximate surface area is 222 Å². The molecule has 9 nitrogen and oxygen atoms in total. The molecule has 2 unspecified atom stereocenters. The van der Waals surface area contributed by atoms with Gasteiger partial charge in [0.2, 0.25) is 5.43 Å². The molecule has 208 valence electrons. The molecular weight excluding hydrogens is 517 g/mol. The van der Waals surface area contributed by atoms with Gasteiger partial charge in [-0.1, -0.05) is 6.92 Å². The number of benzene rings is 1. The number of carboxylic acids is 1. The topological polar surface area (TPSA) is 114 Å². The molecule has 1 fully saturated rings. The molecule has 1 amide bonds. The van der Waals surface area contributed by atoms with Crippen molar-refractivity contribution >= 4 is 28.9 Å². The van der Waals surface area contributed by atoms with Crippen LogP contribution >= 0.6 is 0 Å². The number of rotatable bonds is 6. The Kier molecular flexibility index (Phi) is 7.58. The van der Waals surface area contributed by atoms with E-state index in [-0.39, 0.29) is 34.4 Å². The fraction of sp³-hybridized carbons (Fsp3) is 0.407. The monoisotopic (exact) mass is 546 g/mol. The highest BCUT2D eigenvalue weighted by Gasteiger charge is 2.31. The highest BCUT2D eigenvalue weighted by Crippen LogP contribution is 2.31. The quantitative estimate of drug-likeness (QED) is 0.468.